The van der Waals surface area contributed by atoms with E-state index in [1.165, 1.54) is 0 Å². The first kappa shape index (κ1) is 12.2. The molecule has 0 saturated heterocycles. The van der Waals surface area contributed by atoms with E-state index in [9.17, 15) is 0 Å². The first-order valence-electron chi connectivity index (χ1n) is 6.57. The van der Waals surface area contributed by atoms with E-state index in [2.05, 4.69) is 16.1 Å². The Hall–Kier alpha value is -2.59. The number of anilines is 1. The molecule has 4 nitrogen and oxygen atoms in total. The zero-order chi connectivity index (χ0) is 14.4. The zero-order valence-electron chi connectivity index (χ0n) is 11.0. The molecule has 3 N–H and O–H groups in total. The summed E-state index contributed by atoms with van der Waals surface area (Å²) in [7, 11) is 0. The molecule has 0 atom stereocenters. The van der Waals surface area contributed by atoms with Gasteiger partial charge in [-0.05, 0) is 11.5 Å². The maximum atomic E-state index is 6.27. The lowest BCUT2D eigenvalue weighted by atomic mass is 10.0. The zero-order valence-corrected chi connectivity index (χ0v) is 11.8. The van der Waals surface area contributed by atoms with Crippen LogP contribution in [0.5, 0.6) is 0 Å². The Labute approximate surface area is 125 Å². The molecule has 0 aliphatic carbocycles. The van der Waals surface area contributed by atoms with E-state index in [0.717, 1.165) is 32.7 Å². The van der Waals surface area contributed by atoms with E-state index in [0.29, 0.717) is 5.82 Å². The maximum absolute atomic E-state index is 6.27. The van der Waals surface area contributed by atoms with Crippen molar-refractivity contribution in [2.24, 2.45) is 0 Å². The van der Waals surface area contributed by atoms with Crippen LogP contribution in [-0.2, 0) is 0 Å². The predicted molar refractivity (Wildman–Crippen MR) is 84.1 cm³/mol. The average molecular weight is 296 g/mol. The summed E-state index contributed by atoms with van der Waals surface area (Å²) in [6.45, 7) is 0. The van der Waals surface area contributed by atoms with Crippen LogP contribution in [0.2, 0.25) is 5.02 Å². The number of nitrogens with zero attached hydrogens (tertiary/aromatic N) is 2. The van der Waals surface area contributed by atoms with Gasteiger partial charge in [0, 0.05) is 28.1 Å². The standard InChI is InChI=1S/C16H11ClN4/c17-13-6-5-12(10-3-1-2-4-11(10)13)14-9-16-19-8-7-15(18)21(16)20-14/h1-9H,(H2,18,19,20)/p+1. The van der Waals surface area contributed by atoms with Gasteiger partial charge in [-0.2, -0.15) is 0 Å². The van der Waals surface area contributed by atoms with Crippen molar-refractivity contribution in [1.29, 1.82) is 0 Å². The molecule has 0 unspecified atom stereocenters. The van der Waals surface area contributed by atoms with E-state index in [1.54, 1.807) is 16.8 Å². The molecular weight excluding hydrogens is 284 g/mol. The van der Waals surface area contributed by atoms with Crippen molar-refractivity contribution < 1.29 is 4.52 Å². The number of aromatic amines is 1. The number of nitrogen functional groups attached to an aromatic ring is 1. The van der Waals surface area contributed by atoms with Crippen molar-refractivity contribution in [2.45, 2.75) is 0 Å². The summed E-state index contributed by atoms with van der Waals surface area (Å²) in [6, 6.07) is 15.7. The summed E-state index contributed by atoms with van der Waals surface area (Å²) in [5.74, 6) is 0.615. The molecule has 0 saturated carbocycles. The molecule has 4 rings (SSSR count). The number of halogens is 1. The van der Waals surface area contributed by atoms with Crippen molar-refractivity contribution >= 4 is 33.8 Å². The van der Waals surface area contributed by atoms with Crippen molar-refractivity contribution in [3.8, 4) is 11.3 Å². The highest BCUT2D eigenvalue weighted by Crippen LogP contribution is 2.32. The van der Waals surface area contributed by atoms with Gasteiger partial charge in [0.05, 0.1) is 5.69 Å². The highest BCUT2D eigenvalue weighted by atomic mass is 35.5. The molecule has 0 radical (unpaired) electrons. The first-order chi connectivity index (χ1) is 10.2. The van der Waals surface area contributed by atoms with Gasteiger partial charge in [0.25, 0.3) is 5.65 Å². The molecular formula is C16H12ClN4+. The molecule has 2 heterocycles. The highest BCUT2D eigenvalue weighted by molar-refractivity contribution is 6.36. The Balaban J connectivity index is 2.05. The Morgan fingerprint density at radius 3 is 2.67 bits per heavy atom. The SMILES string of the molecule is Nc1ccnc2cc(-c3ccc(Cl)c4ccccc34)[nH][n+]12. The molecule has 2 aromatic heterocycles. The molecule has 0 fully saturated rings. The fraction of sp³-hybridized carbons (Fsp3) is 0. The molecule has 0 aliphatic heterocycles. The third kappa shape index (κ3) is 1.84. The smallest absolute Gasteiger partial charge is 0.286 e. The number of H-pyrrole nitrogens is 1. The second-order valence-electron chi connectivity index (χ2n) is 4.87. The summed E-state index contributed by atoms with van der Waals surface area (Å²) in [6.07, 6.45) is 1.70. The maximum Gasteiger partial charge on any atom is 0.286 e. The number of rotatable bonds is 1. The van der Waals surface area contributed by atoms with Crippen LogP contribution in [0.3, 0.4) is 0 Å². The fourth-order valence-electron chi connectivity index (χ4n) is 2.60. The van der Waals surface area contributed by atoms with Gasteiger partial charge in [-0.3, -0.25) is 0 Å². The van der Waals surface area contributed by atoms with Crippen molar-refractivity contribution in [3.63, 3.8) is 0 Å². The average Bonchev–Trinajstić information content (AvgIpc) is 2.93. The van der Waals surface area contributed by atoms with Crippen LogP contribution in [0.1, 0.15) is 0 Å². The minimum absolute atomic E-state index is 0.615. The number of nitrogens with two attached hydrogens (primary N) is 1. The minimum atomic E-state index is 0.615. The summed E-state index contributed by atoms with van der Waals surface area (Å²) >= 11 is 6.27. The molecule has 0 amide bonds. The molecule has 21 heavy (non-hydrogen) atoms. The lowest BCUT2D eigenvalue weighted by Crippen LogP contribution is -2.28. The Bertz CT molecular complexity index is 975. The van der Waals surface area contributed by atoms with Gasteiger partial charge in [-0.1, -0.05) is 41.9 Å². The van der Waals surface area contributed by atoms with E-state index < -0.39 is 0 Å². The summed E-state index contributed by atoms with van der Waals surface area (Å²) in [4.78, 5) is 4.31. The second-order valence-corrected chi connectivity index (χ2v) is 5.28. The van der Waals surface area contributed by atoms with Crippen LogP contribution in [-0.4, -0.2) is 10.1 Å². The topological polar surface area (TPSA) is 58.8 Å². The van der Waals surface area contributed by atoms with Crippen LogP contribution in [0.4, 0.5) is 5.82 Å². The first-order valence-corrected chi connectivity index (χ1v) is 6.95. The molecule has 102 valence electrons. The van der Waals surface area contributed by atoms with Gasteiger partial charge in [0.2, 0.25) is 5.82 Å². The van der Waals surface area contributed by atoms with Gasteiger partial charge < -0.3 is 5.73 Å². The van der Waals surface area contributed by atoms with Gasteiger partial charge in [0.15, 0.2) is 0 Å². The van der Waals surface area contributed by atoms with Crippen LogP contribution in [0, 0.1) is 0 Å². The number of hydrogen-bond donors (Lipinski definition) is 2. The van der Waals surface area contributed by atoms with Crippen LogP contribution >= 0.6 is 11.6 Å². The van der Waals surface area contributed by atoms with Crippen molar-refractivity contribution in [2.75, 3.05) is 5.73 Å². The van der Waals surface area contributed by atoms with E-state index in [-0.39, 0.29) is 0 Å². The molecule has 5 heteroatoms. The lowest BCUT2D eigenvalue weighted by molar-refractivity contribution is -0.562. The third-order valence-electron chi connectivity index (χ3n) is 3.61. The normalized spacial score (nSPS) is 11.3. The quantitative estimate of drug-likeness (QED) is 0.530. The molecule has 0 spiro atoms. The monoisotopic (exact) mass is 295 g/mol. The lowest BCUT2D eigenvalue weighted by Gasteiger charge is -2.05. The number of nitrogens with one attached hydrogen (secondary N) is 1. The Morgan fingerprint density at radius 1 is 1.05 bits per heavy atom. The third-order valence-corrected chi connectivity index (χ3v) is 3.94. The molecule has 0 aliphatic rings. The number of fused-ring (bicyclic) bond motifs is 2. The highest BCUT2D eigenvalue weighted by Gasteiger charge is 2.13. The van der Waals surface area contributed by atoms with Gasteiger partial charge >= 0.3 is 0 Å². The molecule has 2 aromatic carbocycles. The minimum Gasteiger partial charge on any atom is -0.317 e. The summed E-state index contributed by atoms with van der Waals surface area (Å²) in [5.41, 5.74) is 8.76. The second kappa shape index (κ2) is 4.46. The summed E-state index contributed by atoms with van der Waals surface area (Å²) in [5, 5.41) is 6.15. The Morgan fingerprint density at radius 2 is 1.86 bits per heavy atom. The largest absolute Gasteiger partial charge is 0.317 e. The van der Waals surface area contributed by atoms with Crippen LogP contribution in [0.15, 0.2) is 54.7 Å². The fourth-order valence-corrected chi connectivity index (χ4v) is 2.82. The van der Waals surface area contributed by atoms with E-state index in [4.69, 9.17) is 17.3 Å². The summed E-state index contributed by atoms with van der Waals surface area (Å²) < 4.78 is 1.76. The molecule has 4 aromatic rings. The Kier molecular flexibility index (Phi) is 2.59. The van der Waals surface area contributed by atoms with Gasteiger partial charge in [-0.25, -0.2) is 5.10 Å². The van der Waals surface area contributed by atoms with E-state index >= 15 is 0 Å². The number of benzene rings is 2. The van der Waals surface area contributed by atoms with Crippen molar-refractivity contribution in [3.05, 3.63) is 59.8 Å². The van der Waals surface area contributed by atoms with Crippen molar-refractivity contribution in [1.82, 2.24) is 10.1 Å². The van der Waals surface area contributed by atoms with Gasteiger partial charge in [0.1, 0.15) is 6.20 Å². The number of aromatic nitrogens is 3. The van der Waals surface area contributed by atoms with Gasteiger partial charge in [-0.15, -0.1) is 9.50 Å². The van der Waals surface area contributed by atoms with Crippen LogP contribution in [0.25, 0.3) is 27.7 Å². The van der Waals surface area contributed by atoms with E-state index in [1.807, 2.05) is 36.4 Å². The van der Waals surface area contributed by atoms with Crippen LogP contribution < -0.4 is 10.2 Å². The predicted octanol–water partition coefficient (Wildman–Crippen LogP) is 3.20. The molecule has 0 bridgehead atoms. The number of hydrogen-bond acceptors (Lipinski definition) is 2.